The number of rotatable bonds is 4. The van der Waals surface area contributed by atoms with Crippen LogP contribution in [0.5, 0.6) is 0 Å². The highest BCUT2D eigenvalue weighted by Crippen LogP contribution is 2.26. The van der Waals surface area contributed by atoms with Crippen LogP contribution in [-0.4, -0.2) is 25.5 Å². The second kappa shape index (κ2) is 6.45. The maximum absolute atomic E-state index is 12.3. The van der Waals surface area contributed by atoms with Gasteiger partial charge < -0.3 is 5.32 Å². The molecule has 0 radical (unpaired) electrons. The van der Waals surface area contributed by atoms with E-state index >= 15 is 0 Å². The minimum atomic E-state index is -0.172. The molecular weight excluding hydrogens is 334 g/mol. The SMILES string of the molecule is Cc1nn2c(CNC(=O)c3cccnc3)c(-c3ccccc3)nc2s1. The molecule has 0 unspecified atom stereocenters. The highest BCUT2D eigenvalue weighted by Gasteiger charge is 2.18. The van der Waals surface area contributed by atoms with Gasteiger partial charge in [0.2, 0.25) is 4.96 Å². The van der Waals surface area contributed by atoms with Crippen LogP contribution in [0.3, 0.4) is 0 Å². The third-order valence-corrected chi connectivity index (χ3v) is 4.61. The van der Waals surface area contributed by atoms with Crippen LogP contribution < -0.4 is 5.32 Å². The maximum atomic E-state index is 12.3. The van der Waals surface area contributed by atoms with Crippen molar-refractivity contribution in [2.24, 2.45) is 0 Å². The molecular formula is C18H15N5OS. The van der Waals surface area contributed by atoms with Gasteiger partial charge in [-0.15, -0.1) is 0 Å². The zero-order valence-corrected chi connectivity index (χ0v) is 14.3. The number of amides is 1. The zero-order chi connectivity index (χ0) is 17.2. The van der Waals surface area contributed by atoms with Crippen LogP contribution in [0.25, 0.3) is 16.2 Å². The standard InChI is InChI=1S/C18H15N5OS/c1-12-22-23-15(11-20-17(24)14-8-5-9-19-10-14)16(21-18(23)25-12)13-6-3-2-4-7-13/h2-10H,11H2,1H3,(H,20,24). The third-order valence-electron chi connectivity index (χ3n) is 3.78. The van der Waals surface area contributed by atoms with E-state index in [-0.39, 0.29) is 5.91 Å². The summed E-state index contributed by atoms with van der Waals surface area (Å²) in [5, 5.41) is 8.39. The molecule has 0 bridgehead atoms. The van der Waals surface area contributed by atoms with E-state index in [9.17, 15) is 4.79 Å². The average Bonchev–Trinajstić information content (AvgIpc) is 3.17. The van der Waals surface area contributed by atoms with Gasteiger partial charge in [0, 0.05) is 18.0 Å². The van der Waals surface area contributed by atoms with Crippen molar-refractivity contribution in [1.82, 2.24) is 24.9 Å². The van der Waals surface area contributed by atoms with E-state index in [2.05, 4.69) is 15.4 Å². The Balaban J connectivity index is 1.69. The fourth-order valence-electron chi connectivity index (χ4n) is 2.63. The number of fused-ring (bicyclic) bond motifs is 1. The summed E-state index contributed by atoms with van der Waals surface area (Å²) in [6, 6.07) is 13.4. The van der Waals surface area contributed by atoms with Gasteiger partial charge in [-0.25, -0.2) is 9.50 Å². The summed E-state index contributed by atoms with van der Waals surface area (Å²) in [4.78, 5) is 21.8. The molecule has 0 saturated heterocycles. The first kappa shape index (κ1) is 15.5. The van der Waals surface area contributed by atoms with Gasteiger partial charge in [0.05, 0.1) is 23.5 Å². The Kier molecular flexibility index (Phi) is 3.99. The van der Waals surface area contributed by atoms with E-state index in [4.69, 9.17) is 4.98 Å². The number of benzene rings is 1. The van der Waals surface area contributed by atoms with Crippen molar-refractivity contribution in [2.75, 3.05) is 0 Å². The van der Waals surface area contributed by atoms with Crippen molar-refractivity contribution < 1.29 is 4.79 Å². The van der Waals surface area contributed by atoms with Crippen LogP contribution in [0, 0.1) is 6.92 Å². The second-order valence-electron chi connectivity index (χ2n) is 5.51. The van der Waals surface area contributed by atoms with Crippen molar-refractivity contribution in [1.29, 1.82) is 0 Å². The fourth-order valence-corrected chi connectivity index (χ4v) is 3.40. The first-order valence-corrected chi connectivity index (χ1v) is 8.63. The maximum Gasteiger partial charge on any atom is 0.253 e. The minimum Gasteiger partial charge on any atom is -0.346 e. The molecule has 0 spiro atoms. The first-order valence-electron chi connectivity index (χ1n) is 7.81. The van der Waals surface area contributed by atoms with Crippen molar-refractivity contribution in [3.8, 4) is 11.3 Å². The number of aromatic nitrogens is 4. The van der Waals surface area contributed by atoms with Gasteiger partial charge in [-0.2, -0.15) is 5.10 Å². The number of hydrogen-bond acceptors (Lipinski definition) is 5. The minimum absolute atomic E-state index is 0.172. The van der Waals surface area contributed by atoms with Gasteiger partial charge in [-0.1, -0.05) is 41.7 Å². The van der Waals surface area contributed by atoms with E-state index in [0.717, 1.165) is 26.9 Å². The van der Waals surface area contributed by atoms with E-state index < -0.39 is 0 Å². The van der Waals surface area contributed by atoms with Crippen molar-refractivity contribution >= 4 is 22.2 Å². The second-order valence-corrected chi connectivity index (χ2v) is 6.67. The molecule has 1 N–H and O–H groups in total. The largest absolute Gasteiger partial charge is 0.346 e. The van der Waals surface area contributed by atoms with Crippen LogP contribution in [0.1, 0.15) is 21.1 Å². The summed E-state index contributed by atoms with van der Waals surface area (Å²) in [5.41, 5.74) is 3.23. The number of nitrogens with zero attached hydrogens (tertiary/aromatic N) is 4. The van der Waals surface area contributed by atoms with Crippen LogP contribution in [0.2, 0.25) is 0 Å². The van der Waals surface area contributed by atoms with Crippen molar-refractivity contribution in [3.05, 3.63) is 71.1 Å². The summed E-state index contributed by atoms with van der Waals surface area (Å²) in [7, 11) is 0. The fraction of sp³-hybridized carbons (Fsp3) is 0.111. The Morgan fingerprint density at radius 3 is 2.80 bits per heavy atom. The predicted octanol–water partition coefficient (Wildman–Crippen LogP) is 3.09. The number of carbonyl (C=O) groups excluding carboxylic acids is 1. The quantitative estimate of drug-likeness (QED) is 0.614. The summed E-state index contributed by atoms with van der Waals surface area (Å²) < 4.78 is 1.81. The van der Waals surface area contributed by atoms with Gasteiger partial charge in [-0.05, 0) is 19.1 Å². The Morgan fingerprint density at radius 1 is 1.20 bits per heavy atom. The van der Waals surface area contributed by atoms with E-state index in [0.29, 0.717) is 12.1 Å². The van der Waals surface area contributed by atoms with Gasteiger partial charge in [0.1, 0.15) is 5.01 Å². The molecule has 7 heteroatoms. The number of hydrogen-bond donors (Lipinski definition) is 1. The molecule has 0 aliphatic rings. The summed E-state index contributed by atoms with van der Waals surface area (Å²) in [6.45, 7) is 2.28. The number of aryl methyl sites for hydroxylation is 1. The van der Waals surface area contributed by atoms with Crippen LogP contribution in [0.4, 0.5) is 0 Å². The lowest BCUT2D eigenvalue weighted by Gasteiger charge is -2.06. The molecule has 4 rings (SSSR count). The lowest BCUT2D eigenvalue weighted by molar-refractivity contribution is 0.0950. The van der Waals surface area contributed by atoms with Gasteiger partial charge in [0.25, 0.3) is 5.91 Å². The van der Waals surface area contributed by atoms with Crippen LogP contribution >= 0.6 is 11.3 Å². The normalized spacial score (nSPS) is 10.9. The molecule has 1 amide bonds. The van der Waals surface area contributed by atoms with Crippen molar-refractivity contribution in [3.63, 3.8) is 0 Å². The van der Waals surface area contributed by atoms with Gasteiger partial charge in [0.15, 0.2) is 0 Å². The average molecular weight is 349 g/mol. The molecule has 0 saturated carbocycles. The topological polar surface area (TPSA) is 72.2 Å². The highest BCUT2D eigenvalue weighted by atomic mass is 32.1. The molecule has 3 aromatic heterocycles. The monoisotopic (exact) mass is 349 g/mol. The van der Waals surface area contributed by atoms with E-state index in [1.165, 1.54) is 11.3 Å². The third kappa shape index (κ3) is 3.01. The predicted molar refractivity (Wildman–Crippen MR) is 96.4 cm³/mol. The number of carbonyl (C=O) groups is 1. The molecule has 0 aliphatic heterocycles. The molecule has 1 aromatic carbocycles. The Hall–Kier alpha value is -3.06. The number of nitrogens with one attached hydrogen (secondary N) is 1. The van der Waals surface area contributed by atoms with Crippen LogP contribution in [-0.2, 0) is 6.54 Å². The molecule has 0 aliphatic carbocycles. The van der Waals surface area contributed by atoms with E-state index in [1.54, 1.807) is 24.5 Å². The summed E-state index contributed by atoms with van der Waals surface area (Å²) >= 11 is 1.53. The zero-order valence-electron chi connectivity index (χ0n) is 13.5. The molecule has 124 valence electrons. The first-order chi connectivity index (χ1) is 12.2. The molecule has 6 nitrogen and oxygen atoms in total. The number of pyridine rings is 1. The molecule has 25 heavy (non-hydrogen) atoms. The summed E-state index contributed by atoms with van der Waals surface area (Å²) in [5.74, 6) is -0.172. The molecule has 0 atom stereocenters. The molecule has 3 heterocycles. The lowest BCUT2D eigenvalue weighted by atomic mass is 10.1. The van der Waals surface area contributed by atoms with Crippen molar-refractivity contribution in [2.45, 2.75) is 13.5 Å². The highest BCUT2D eigenvalue weighted by molar-refractivity contribution is 7.16. The summed E-state index contributed by atoms with van der Waals surface area (Å²) in [6.07, 6.45) is 3.19. The van der Waals surface area contributed by atoms with Gasteiger partial charge >= 0.3 is 0 Å². The Morgan fingerprint density at radius 2 is 2.04 bits per heavy atom. The van der Waals surface area contributed by atoms with E-state index in [1.807, 2.05) is 41.8 Å². The molecule has 4 aromatic rings. The van der Waals surface area contributed by atoms with Gasteiger partial charge in [-0.3, -0.25) is 9.78 Å². The van der Waals surface area contributed by atoms with Crippen LogP contribution in [0.15, 0.2) is 54.9 Å². The Bertz CT molecular complexity index is 1020. The molecule has 0 fully saturated rings. The smallest absolute Gasteiger partial charge is 0.253 e. The lowest BCUT2D eigenvalue weighted by Crippen LogP contribution is -2.24. The number of imidazole rings is 1. The Labute approximate surface area is 148 Å².